The van der Waals surface area contributed by atoms with E-state index in [-0.39, 0.29) is 5.75 Å². The Bertz CT molecular complexity index is 1350. The Morgan fingerprint density at radius 1 is 0.867 bits per heavy atom. The first-order valence-electron chi connectivity index (χ1n) is 9.37. The largest absolute Gasteiger partial charge is 0.454 e. The number of fused-ring (bicyclic) bond motifs is 2. The Morgan fingerprint density at radius 3 is 2.57 bits per heavy atom. The van der Waals surface area contributed by atoms with E-state index in [0.717, 1.165) is 26.6 Å². The lowest BCUT2D eigenvalue weighted by molar-refractivity contribution is 0.442. The maximum Gasteiger partial charge on any atom is 0.204 e. The van der Waals surface area contributed by atoms with Crippen LogP contribution in [0.2, 0.25) is 0 Å². The highest BCUT2D eigenvalue weighted by atomic mass is 32.1. The fourth-order valence-electron chi connectivity index (χ4n) is 3.22. The number of hydrogen-bond donors (Lipinski definition) is 1. The third kappa shape index (κ3) is 3.60. The van der Waals surface area contributed by atoms with Crippen molar-refractivity contribution in [1.82, 2.24) is 4.98 Å². The smallest absolute Gasteiger partial charge is 0.204 e. The third-order valence-corrected chi connectivity index (χ3v) is 5.58. The van der Waals surface area contributed by atoms with E-state index in [0.29, 0.717) is 10.9 Å². The highest BCUT2D eigenvalue weighted by molar-refractivity contribution is 7.22. The van der Waals surface area contributed by atoms with Gasteiger partial charge in [-0.3, -0.25) is 5.43 Å². The number of anilines is 1. The van der Waals surface area contributed by atoms with Crippen molar-refractivity contribution in [3.05, 3.63) is 96.3 Å². The third-order valence-electron chi connectivity index (χ3n) is 4.63. The Balaban J connectivity index is 1.50. The molecule has 0 spiro atoms. The number of nitrogens with zero attached hydrogens (tertiary/aromatic N) is 2. The minimum atomic E-state index is -0.416. The Morgan fingerprint density at radius 2 is 1.67 bits per heavy atom. The van der Waals surface area contributed by atoms with Crippen LogP contribution in [0.1, 0.15) is 5.56 Å². The van der Waals surface area contributed by atoms with Crippen molar-refractivity contribution in [1.29, 1.82) is 0 Å². The van der Waals surface area contributed by atoms with Crippen molar-refractivity contribution in [2.75, 3.05) is 5.43 Å². The van der Waals surface area contributed by atoms with Gasteiger partial charge in [0, 0.05) is 5.56 Å². The fourth-order valence-corrected chi connectivity index (χ4v) is 4.03. The molecule has 1 N–H and O–H groups in total. The fraction of sp³-hybridized carbons (Fsp3) is 0. The van der Waals surface area contributed by atoms with Gasteiger partial charge in [0.05, 0.1) is 16.4 Å². The number of rotatable bonds is 5. The monoisotopic (exact) mass is 413 g/mol. The molecule has 1 heterocycles. The van der Waals surface area contributed by atoms with Crippen LogP contribution in [0.25, 0.3) is 21.0 Å². The second kappa shape index (κ2) is 7.93. The predicted molar refractivity (Wildman–Crippen MR) is 121 cm³/mol. The van der Waals surface area contributed by atoms with E-state index in [9.17, 15) is 4.39 Å². The Kier molecular flexibility index (Phi) is 4.83. The number of para-hydroxylation sites is 2. The van der Waals surface area contributed by atoms with Gasteiger partial charge in [-0.1, -0.05) is 65.9 Å². The van der Waals surface area contributed by atoms with Gasteiger partial charge in [-0.25, -0.2) is 9.37 Å². The van der Waals surface area contributed by atoms with Crippen molar-refractivity contribution in [3.63, 3.8) is 0 Å². The number of ether oxygens (including phenoxy) is 1. The summed E-state index contributed by atoms with van der Waals surface area (Å²) in [5, 5.41) is 7.08. The molecule has 0 aliphatic carbocycles. The maximum absolute atomic E-state index is 14.1. The molecule has 0 aliphatic rings. The summed E-state index contributed by atoms with van der Waals surface area (Å²) in [6, 6.07) is 26.0. The van der Waals surface area contributed by atoms with E-state index in [2.05, 4.69) is 15.5 Å². The van der Waals surface area contributed by atoms with E-state index in [1.54, 1.807) is 24.4 Å². The lowest BCUT2D eigenvalue weighted by Gasteiger charge is -2.12. The quantitative estimate of drug-likeness (QED) is 0.254. The van der Waals surface area contributed by atoms with E-state index in [1.807, 2.05) is 60.7 Å². The molecule has 0 atom stereocenters. The first-order chi connectivity index (χ1) is 14.8. The van der Waals surface area contributed by atoms with E-state index in [1.165, 1.54) is 17.4 Å². The van der Waals surface area contributed by atoms with Gasteiger partial charge in [0.15, 0.2) is 11.6 Å². The van der Waals surface area contributed by atoms with Crippen molar-refractivity contribution in [2.24, 2.45) is 5.10 Å². The van der Waals surface area contributed by atoms with Crippen LogP contribution in [-0.2, 0) is 0 Å². The average molecular weight is 413 g/mol. The van der Waals surface area contributed by atoms with Crippen molar-refractivity contribution >= 4 is 43.7 Å². The highest BCUT2D eigenvalue weighted by Crippen LogP contribution is 2.32. The molecule has 0 amide bonds. The molecule has 4 nitrogen and oxygen atoms in total. The van der Waals surface area contributed by atoms with Crippen LogP contribution in [0.5, 0.6) is 11.5 Å². The summed E-state index contributed by atoms with van der Waals surface area (Å²) >= 11 is 1.53. The van der Waals surface area contributed by atoms with Crippen LogP contribution in [0, 0.1) is 5.82 Å². The Hall–Kier alpha value is -3.77. The van der Waals surface area contributed by atoms with Crippen LogP contribution >= 0.6 is 11.3 Å². The summed E-state index contributed by atoms with van der Waals surface area (Å²) in [6.07, 6.45) is 1.69. The molecule has 4 aromatic carbocycles. The molecule has 6 heteroatoms. The van der Waals surface area contributed by atoms with E-state index in [4.69, 9.17) is 4.74 Å². The summed E-state index contributed by atoms with van der Waals surface area (Å²) in [5.74, 6) is 0.274. The van der Waals surface area contributed by atoms with Gasteiger partial charge in [0.2, 0.25) is 5.13 Å². The van der Waals surface area contributed by atoms with Crippen LogP contribution in [0.3, 0.4) is 0 Å². The van der Waals surface area contributed by atoms with Crippen molar-refractivity contribution < 1.29 is 9.13 Å². The average Bonchev–Trinajstić information content (AvgIpc) is 3.19. The van der Waals surface area contributed by atoms with Crippen LogP contribution in [0.15, 0.2) is 90.0 Å². The van der Waals surface area contributed by atoms with E-state index < -0.39 is 5.82 Å². The molecule has 5 rings (SSSR count). The zero-order valence-corrected chi connectivity index (χ0v) is 16.6. The van der Waals surface area contributed by atoms with Crippen molar-refractivity contribution in [3.8, 4) is 11.5 Å². The molecule has 5 aromatic rings. The normalized spacial score (nSPS) is 11.4. The number of thiazole rings is 1. The van der Waals surface area contributed by atoms with Gasteiger partial charge in [-0.2, -0.15) is 5.10 Å². The number of halogens is 1. The minimum Gasteiger partial charge on any atom is -0.454 e. The summed E-state index contributed by atoms with van der Waals surface area (Å²) < 4.78 is 21.1. The Labute approximate surface area is 176 Å². The van der Waals surface area contributed by atoms with Crippen LogP contribution in [-0.4, -0.2) is 11.2 Å². The molecule has 0 radical (unpaired) electrons. The molecule has 146 valence electrons. The van der Waals surface area contributed by atoms with Gasteiger partial charge in [0.1, 0.15) is 5.75 Å². The summed E-state index contributed by atoms with van der Waals surface area (Å²) in [5.41, 5.74) is 4.68. The van der Waals surface area contributed by atoms with Crippen LogP contribution in [0.4, 0.5) is 9.52 Å². The predicted octanol–water partition coefficient (Wildman–Crippen LogP) is 6.83. The van der Waals surface area contributed by atoms with Gasteiger partial charge < -0.3 is 4.74 Å². The lowest BCUT2D eigenvalue weighted by atomic mass is 10.0. The number of aromatic nitrogens is 1. The van der Waals surface area contributed by atoms with Crippen LogP contribution < -0.4 is 10.2 Å². The number of hydrazone groups is 1. The molecule has 0 unspecified atom stereocenters. The first kappa shape index (κ1) is 18.3. The molecule has 0 saturated carbocycles. The molecular formula is C24H16FN3OS. The molecule has 0 bridgehead atoms. The standard InChI is InChI=1S/C24H16FN3OS/c25-19-9-3-5-11-22(19)29-21-14-13-16-7-1-2-8-17(16)18(21)15-26-28-24-27-20-10-4-6-12-23(20)30-24/h1-15H,(H,27,28)/b26-15-. The van der Waals surface area contributed by atoms with Crippen molar-refractivity contribution in [2.45, 2.75) is 0 Å². The summed E-state index contributed by atoms with van der Waals surface area (Å²) in [6.45, 7) is 0. The second-order valence-electron chi connectivity index (χ2n) is 6.59. The second-order valence-corrected chi connectivity index (χ2v) is 7.62. The van der Waals surface area contributed by atoms with Gasteiger partial charge in [-0.15, -0.1) is 0 Å². The number of nitrogens with one attached hydrogen (secondary N) is 1. The van der Waals surface area contributed by atoms with E-state index >= 15 is 0 Å². The lowest BCUT2D eigenvalue weighted by Crippen LogP contribution is -1.96. The molecule has 0 saturated heterocycles. The molecule has 0 fully saturated rings. The molecule has 30 heavy (non-hydrogen) atoms. The van der Waals surface area contributed by atoms with Gasteiger partial charge >= 0.3 is 0 Å². The van der Waals surface area contributed by atoms with Gasteiger partial charge in [-0.05, 0) is 41.1 Å². The summed E-state index contributed by atoms with van der Waals surface area (Å²) in [4.78, 5) is 4.52. The molecule has 0 aliphatic heterocycles. The number of benzene rings is 4. The summed E-state index contributed by atoms with van der Waals surface area (Å²) in [7, 11) is 0. The first-order valence-corrected chi connectivity index (χ1v) is 10.2. The molecule has 1 aromatic heterocycles. The topological polar surface area (TPSA) is 46.5 Å². The number of hydrogen-bond acceptors (Lipinski definition) is 5. The zero-order valence-electron chi connectivity index (χ0n) is 15.7. The van der Waals surface area contributed by atoms with Gasteiger partial charge in [0.25, 0.3) is 0 Å². The zero-order chi connectivity index (χ0) is 20.3. The molecular weight excluding hydrogens is 397 g/mol. The highest BCUT2D eigenvalue weighted by Gasteiger charge is 2.11. The SMILES string of the molecule is Fc1ccccc1Oc1ccc2ccccc2c1/C=N\Nc1nc2ccccc2s1. The minimum absolute atomic E-state index is 0.168. The maximum atomic E-state index is 14.1.